The van der Waals surface area contributed by atoms with Crippen molar-refractivity contribution in [3.05, 3.63) is 0 Å². The summed E-state index contributed by atoms with van der Waals surface area (Å²) in [6.45, 7) is 11.3. The first-order valence-corrected chi connectivity index (χ1v) is 6.33. The van der Waals surface area contributed by atoms with E-state index in [4.69, 9.17) is 4.74 Å². The molecule has 4 nitrogen and oxygen atoms in total. The molecule has 1 N–H and O–H groups in total. The molecule has 1 fully saturated rings. The lowest BCUT2D eigenvalue weighted by molar-refractivity contribution is 0.130. The van der Waals surface area contributed by atoms with Crippen molar-refractivity contribution in [1.29, 1.82) is 0 Å². The van der Waals surface area contributed by atoms with Crippen LogP contribution in [0.5, 0.6) is 0 Å². The first kappa shape index (κ1) is 13.9. The summed E-state index contributed by atoms with van der Waals surface area (Å²) in [6.07, 6.45) is 0. The summed E-state index contributed by atoms with van der Waals surface area (Å²) in [5.41, 5.74) is 0. The van der Waals surface area contributed by atoms with Crippen LogP contribution in [0.3, 0.4) is 0 Å². The minimum absolute atomic E-state index is 0.623. The smallest absolute Gasteiger partial charge is 0.0500 e. The molecule has 1 aliphatic heterocycles. The fourth-order valence-electron chi connectivity index (χ4n) is 2.21. The Balaban J connectivity index is 2.06. The van der Waals surface area contributed by atoms with Gasteiger partial charge in [-0.25, -0.2) is 0 Å². The molecule has 1 aliphatic rings. The van der Waals surface area contributed by atoms with Crippen molar-refractivity contribution in [2.45, 2.75) is 6.92 Å². The molecule has 0 saturated carbocycles. The minimum atomic E-state index is 0.623. The van der Waals surface area contributed by atoms with E-state index in [1.807, 2.05) is 0 Å². The molecule has 16 heavy (non-hydrogen) atoms. The van der Waals surface area contributed by atoms with Crippen LogP contribution in [0.15, 0.2) is 0 Å². The summed E-state index contributed by atoms with van der Waals surface area (Å²) < 4.78 is 5.15. The van der Waals surface area contributed by atoms with Crippen molar-refractivity contribution in [1.82, 2.24) is 15.1 Å². The molecule has 1 atom stereocenters. The highest BCUT2D eigenvalue weighted by molar-refractivity contribution is 4.69. The number of nitrogens with one attached hydrogen (secondary N) is 1. The van der Waals surface area contributed by atoms with E-state index >= 15 is 0 Å². The lowest BCUT2D eigenvalue weighted by Gasteiger charge is -2.29. The van der Waals surface area contributed by atoms with E-state index in [0.717, 1.165) is 32.8 Å². The summed E-state index contributed by atoms with van der Waals surface area (Å²) in [4.78, 5) is 4.94. The molecule has 1 rings (SSSR count). The number of rotatable bonds is 7. The number of methoxy groups -OCH3 is 1. The zero-order valence-corrected chi connectivity index (χ0v) is 11.0. The van der Waals surface area contributed by atoms with Gasteiger partial charge in [-0.3, -0.25) is 4.90 Å². The highest BCUT2D eigenvalue weighted by atomic mass is 16.5. The Kier molecular flexibility index (Phi) is 6.96. The van der Waals surface area contributed by atoms with E-state index in [1.165, 1.54) is 19.6 Å². The van der Waals surface area contributed by atoms with Crippen LogP contribution >= 0.6 is 0 Å². The van der Waals surface area contributed by atoms with E-state index < -0.39 is 0 Å². The van der Waals surface area contributed by atoms with Crippen molar-refractivity contribution < 1.29 is 4.74 Å². The zero-order chi connectivity index (χ0) is 11.8. The fourth-order valence-corrected chi connectivity index (χ4v) is 2.21. The molecule has 0 radical (unpaired) electrons. The topological polar surface area (TPSA) is 27.7 Å². The fraction of sp³-hybridized carbons (Fsp3) is 1.00. The van der Waals surface area contributed by atoms with Crippen LogP contribution in [0.1, 0.15) is 6.92 Å². The molecule has 1 saturated heterocycles. The van der Waals surface area contributed by atoms with Crippen molar-refractivity contribution in [3.63, 3.8) is 0 Å². The standard InChI is InChI=1S/C12H27N3O/c1-12(11-16-3)10-14(2)8-9-15-6-4-13-5-7-15/h12-13H,4-11H2,1-3H3. The Hall–Kier alpha value is -0.160. The molecule has 96 valence electrons. The van der Waals surface area contributed by atoms with Gasteiger partial charge in [-0.1, -0.05) is 6.92 Å². The number of nitrogens with zero attached hydrogens (tertiary/aromatic N) is 2. The number of ether oxygens (including phenoxy) is 1. The normalized spacial score (nSPS) is 20.2. The molecule has 1 unspecified atom stereocenters. The van der Waals surface area contributed by atoms with E-state index in [9.17, 15) is 0 Å². The van der Waals surface area contributed by atoms with Crippen LogP contribution < -0.4 is 5.32 Å². The maximum absolute atomic E-state index is 5.15. The van der Waals surface area contributed by atoms with Gasteiger partial charge in [0.2, 0.25) is 0 Å². The molecule has 0 aromatic rings. The second kappa shape index (κ2) is 8.01. The Morgan fingerprint density at radius 2 is 2.06 bits per heavy atom. The van der Waals surface area contributed by atoms with Crippen LogP contribution in [0.2, 0.25) is 0 Å². The molecule has 0 aliphatic carbocycles. The maximum Gasteiger partial charge on any atom is 0.0500 e. The van der Waals surface area contributed by atoms with Crippen LogP contribution in [-0.4, -0.2) is 76.4 Å². The van der Waals surface area contributed by atoms with Gasteiger partial charge in [-0.05, 0) is 13.0 Å². The lowest BCUT2D eigenvalue weighted by atomic mass is 10.2. The van der Waals surface area contributed by atoms with Crippen molar-refractivity contribution in [2.24, 2.45) is 5.92 Å². The molecule has 1 heterocycles. The first-order chi connectivity index (χ1) is 7.72. The Bertz CT molecular complexity index is 172. The van der Waals surface area contributed by atoms with Crippen molar-refractivity contribution in [3.8, 4) is 0 Å². The predicted molar refractivity (Wildman–Crippen MR) is 67.8 cm³/mol. The Labute approximate surface area is 99.9 Å². The molecule has 0 amide bonds. The van der Waals surface area contributed by atoms with E-state index in [-0.39, 0.29) is 0 Å². The van der Waals surface area contributed by atoms with Gasteiger partial charge in [0.15, 0.2) is 0 Å². The lowest BCUT2D eigenvalue weighted by Crippen LogP contribution is -2.46. The molecule has 0 aromatic carbocycles. The highest BCUT2D eigenvalue weighted by Crippen LogP contribution is 1.99. The summed E-state index contributed by atoms with van der Waals surface area (Å²) >= 11 is 0. The second-order valence-electron chi connectivity index (χ2n) is 4.91. The molecule has 0 spiro atoms. The summed E-state index contributed by atoms with van der Waals surface area (Å²) in [6, 6.07) is 0. The van der Waals surface area contributed by atoms with Crippen LogP contribution in [0, 0.1) is 5.92 Å². The third-order valence-corrected chi connectivity index (χ3v) is 3.08. The maximum atomic E-state index is 5.15. The largest absolute Gasteiger partial charge is 0.384 e. The molecular formula is C12H27N3O. The van der Waals surface area contributed by atoms with Gasteiger partial charge in [0, 0.05) is 59.5 Å². The molecule has 0 bridgehead atoms. The first-order valence-electron chi connectivity index (χ1n) is 6.33. The summed E-state index contributed by atoms with van der Waals surface area (Å²) in [5, 5.41) is 3.38. The van der Waals surface area contributed by atoms with Crippen molar-refractivity contribution in [2.75, 3.05) is 66.6 Å². The molecular weight excluding hydrogens is 202 g/mol. The van der Waals surface area contributed by atoms with E-state index in [2.05, 4.69) is 29.1 Å². The average Bonchev–Trinajstić information content (AvgIpc) is 2.28. The number of hydrogen-bond acceptors (Lipinski definition) is 4. The molecule has 4 heteroatoms. The number of hydrogen-bond donors (Lipinski definition) is 1. The summed E-state index contributed by atoms with van der Waals surface area (Å²) in [7, 11) is 3.98. The van der Waals surface area contributed by atoms with Gasteiger partial charge in [0.25, 0.3) is 0 Å². The van der Waals surface area contributed by atoms with Gasteiger partial charge < -0.3 is 15.0 Å². The monoisotopic (exact) mass is 229 g/mol. The zero-order valence-electron chi connectivity index (χ0n) is 11.0. The van der Waals surface area contributed by atoms with Crippen LogP contribution in [-0.2, 0) is 4.74 Å². The van der Waals surface area contributed by atoms with E-state index in [1.54, 1.807) is 7.11 Å². The SMILES string of the molecule is COCC(C)CN(C)CCN1CCNCC1. The third kappa shape index (κ3) is 5.80. The second-order valence-corrected chi connectivity index (χ2v) is 4.91. The number of piperazine rings is 1. The van der Waals surface area contributed by atoms with Gasteiger partial charge in [-0.2, -0.15) is 0 Å². The molecule has 0 aromatic heterocycles. The van der Waals surface area contributed by atoms with Gasteiger partial charge in [-0.15, -0.1) is 0 Å². The van der Waals surface area contributed by atoms with Crippen molar-refractivity contribution >= 4 is 0 Å². The predicted octanol–water partition coefficient (Wildman–Crippen LogP) is 0.106. The van der Waals surface area contributed by atoms with Gasteiger partial charge in [0.1, 0.15) is 0 Å². The summed E-state index contributed by atoms with van der Waals surface area (Å²) in [5.74, 6) is 0.623. The average molecular weight is 229 g/mol. The van der Waals surface area contributed by atoms with Crippen LogP contribution in [0.4, 0.5) is 0 Å². The Morgan fingerprint density at radius 1 is 1.38 bits per heavy atom. The van der Waals surface area contributed by atoms with E-state index in [0.29, 0.717) is 5.92 Å². The van der Waals surface area contributed by atoms with Gasteiger partial charge >= 0.3 is 0 Å². The Morgan fingerprint density at radius 3 is 2.69 bits per heavy atom. The van der Waals surface area contributed by atoms with Crippen LogP contribution in [0.25, 0.3) is 0 Å². The van der Waals surface area contributed by atoms with Gasteiger partial charge in [0.05, 0.1) is 0 Å². The highest BCUT2D eigenvalue weighted by Gasteiger charge is 2.11. The number of likely N-dealkylation sites (N-methyl/N-ethyl adjacent to an activating group) is 1. The minimum Gasteiger partial charge on any atom is -0.384 e. The quantitative estimate of drug-likeness (QED) is 0.670. The third-order valence-electron chi connectivity index (χ3n) is 3.08.